The number of rotatable bonds is 5. The number of hydrogen-bond donors (Lipinski definition) is 1. The second-order valence-corrected chi connectivity index (χ2v) is 4.90. The molecule has 20 heavy (non-hydrogen) atoms. The van der Waals surface area contributed by atoms with Crippen molar-refractivity contribution in [2.75, 3.05) is 13.6 Å². The molecule has 1 amide bonds. The minimum absolute atomic E-state index is 0.00454. The fourth-order valence-corrected chi connectivity index (χ4v) is 2.10. The van der Waals surface area contributed by atoms with Crippen LogP contribution < -0.4 is 5.73 Å². The fraction of sp³-hybridized carbons (Fsp3) is 0.312. The van der Waals surface area contributed by atoms with Crippen molar-refractivity contribution in [2.24, 2.45) is 5.73 Å². The van der Waals surface area contributed by atoms with E-state index >= 15 is 0 Å². The lowest BCUT2D eigenvalue weighted by Gasteiger charge is -2.17. The van der Waals surface area contributed by atoms with Crippen LogP contribution in [0.4, 0.5) is 0 Å². The quantitative estimate of drug-likeness (QED) is 0.909. The van der Waals surface area contributed by atoms with Crippen LogP contribution in [-0.4, -0.2) is 24.4 Å². The fourth-order valence-electron chi connectivity index (χ4n) is 2.10. The summed E-state index contributed by atoms with van der Waals surface area (Å²) in [5.41, 5.74) is 8.38. The van der Waals surface area contributed by atoms with E-state index in [-0.39, 0.29) is 5.91 Å². The summed E-state index contributed by atoms with van der Waals surface area (Å²) in [6, 6.07) is 9.51. The van der Waals surface area contributed by atoms with E-state index in [4.69, 9.17) is 10.2 Å². The summed E-state index contributed by atoms with van der Waals surface area (Å²) in [7, 11) is 1.79. The Bertz CT molecular complexity index is 572. The minimum atomic E-state index is 0.00454. The van der Waals surface area contributed by atoms with Crippen molar-refractivity contribution in [3.8, 4) is 0 Å². The first-order chi connectivity index (χ1) is 9.61. The normalized spacial score (nSPS) is 10.6. The van der Waals surface area contributed by atoms with Gasteiger partial charge in [-0.1, -0.05) is 12.1 Å². The van der Waals surface area contributed by atoms with Crippen LogP contribution in [0, 0.1) is 6.92 Å². The van der Waals surface area contributed by atoms with E-state index in [9.17, 15) is 4.79 Å². The first-order valence-corrected chi connectivity index (χ1v) is 6.69. The van der Waals surface area contributed by atoms with Crippen LogP contribution in [0.15, 0.2) is 41.0 Å². The third-order valence-electron chi connectivity index (χ3n) is 3.35. The number of furan rings is 1. The van der Waals surface area contributed by atoms with Gasteiger partial charge in [0.2, 0.25) is 0 Å². The lowest BCUT2D eigenvalue weighted by atomic mass is 10.1. The second-order valence-electron chi connectivity index (χ2n) is 4.90. The Hall–Kier alpha value is -2.07. The van der Waals surface area contributed by atoms with Crippen molar-refractivity contribution in [3.63, 3.8) is 0 Å². The van der Waals surface area contributed by atoms with Gasteiger partial charge in [-0.05, 0) is 43.7 Å². The Balaban J connectivity index is 2.04. The van der Waals surface area contributed by atoms with Crippen molar-refractivity contribution in [1.29, 1.82) is 0 Å². The van der Waals surface area contributed by atoms with Gasteiger partial charge in [0.05, 0.1) is 6.26 Å². The minimum Gasteiger partial charge on any atom is -0.469 e. The van der Waals surface area contributed by atoms with E-state index in [2.05, 4.69) is 0 Å². The number of amides is 1. The molecule has 0 atom stereocenters. The van der Waals surface area contributed by atoms with E-state index < -0.39 is 0 Å². The van der Waals surface area contributed by atoms with Crippen LogP contribution >= 0.6 is 0 Å². The Morgan fingerprint density at radius 2 is 1.95 bits per heavy atom. The molecular weight excluding hydrogens is 252 g/mol. The highest BCUT2D eigenvalue weighted by atomic mass is 16.3. The zero-order valence-electron chi connectivity index (χ0n) is 11.9. The number of benzene rings is 1. The lowest BCUT2D eigenvalue weighted by Crippen LogP contribution is -2.26. The first kappa shape index (κ1) is 14.3. The third-order valence-corrected chi connectivity index (χ3v) is 3.35. The topological polar surface area (TPSA) is 59.5 Å². The van der Waals surface area contributed by atoms with Gasteiger partial charge in [0, 0.05) is 24.7 Å². The zero-order valence-corrected chi connectivity index (χ0v) is 11.9. The average Bonchev–Trinajstić information content (AvgIpc) is 2.85. The highest BCUT2D eigenvalue weighted by molar-refractivity contribution is 5.94. The Labute approximate surface area is 119 Å². The van der Waals surface area contributed by atoms with Crippen LogP contribution in [0.2, 0.25) is 0 Å². The molecule has 4 nitrogen and oxygen atoms in total. The summed E-state index contributed by atoms with van der Waals surface area (Å²) in [6.45, 7) is 3.06. The summed E-state index contributed by atoms with van der Waals surface area (Å²) < 4.78 is 5.24. The molecule has 0 aliphatic rings. The van der Waals surface area contributed by atoms with Crippen LogP contribution in [0.3, 0.4) is 0 Å². The smallest absolute Gasteiger partial charge is 0.253 e. The molecule has 0 aliphatic heterocycles. The van der Waals surface area contributed by atoms with Crippen molar-refractivity contribution < 1.29 is 9.21 Å². The average molecular weight is 272 g/mol. The van der Waals surface area contributed by atoms with Crippen LogP contribution in [0.25, 0.3) is 0 Å². The number of nitrogens with zero attached hydrogens (tertiary/aromatic N) is 1. The highest BCUT2D eigenvalue weighted by Crippen LogP contribution is 2.13. The molecule has 0 radical (unpaired) electrons. The van der Waals surface area contributed by atoms with Gasteiger partial charge < -0.3 is 15.1 Å². The van der Waals surface area contributed by atoms with E-state index in [0.717, 1.165) is 23.3 Å². The maximum atomic E-state index is 12.3. The predicted octanol–water partition coefficient (Wildman–Crippen LogP) is 2.36. The Morgan fingerprint density at radius 1 is 1.25 bits per heavy atom. The van der Waals surface area contributed by atoms with Gasteiger partial charge >= 0.3 is 0 Å². The monoisotopic (exact) mass is 272 g/mol. The predicted molar refractivity (Wildman–Crippen MR) is 78.4 cm³/mol. The zero-order chi connectivity index (χ0) is 14.5. The lowest BCUT2D eigenvalue weighted by molar-refractivity contribution is 0.0784. The van der Waals surface area contributed by atoms with Gasteiger partial charge in [0.1, 0.15) is 5.76 Å². The van der Waals surface area contributed by atoms with Gasteiger partial charge in [-0.2, -0.15) is 0 Å². The van der Waals surface area contributed by atoms with Crippen LogP contribution in [0.1, 0.15) is 27.2 Å². The molecule has 1 aromatic heterocycles. The molecule has 2 aromatic rings. The van der Waals surface area contributed by atoms with Gasteiger partial charge in [-0.15, -0.1) is 0 Å². The molecule has 1 aromatic carbocycles. The molecule has 0 aliphatic carbocycles. The van der Waals surface area contributed by atoms with Gasteiger partial charge in [-0.25, -0.2) is 0 Å². The van der Waals surface area contributed by atoms with E-state index in [1.165, 1.54) is 0 Å². The Morgan fingerprint density at radius 3 is 2.50 bits per heavy atom. The van der Waals surface area contributed by atoms with E-state index in [0.29, 0.717) is 18.7 Å². The molecule has 0 bridgehead atoms. The molecule has 4 heteroatoms. The summed E-state index contributed by atoms with van der Waals surface area (Å²) >= 11 is 0. The van der Waals surface area contributed by atoms with Gasteiger partial charge in [0.25, 0.3) is 5.91 Å². The van der Waals surface area contributed by atoms with E-state index in [1.54, 1.807) is 18.2 Å². The standard InChI is InChI=1S/C16H20N2O2/c1-12-15(8-10-20-12)11-18(2)16(19)14-5-3-13(4-6-14)7-9-17/h3-6,8,10H,7,9,11,17H2,1-2H3. The number of hydrogen-bond acceptors (Lipinski definition) is 3. The molecule has 0 saturated heterocycles. The molecule has 106 valence electrons. The summed E-state index contributed by atoms with van der Waals surface area (Å²) in [4.78, 5) is 14.0. The molecule has 1 heterocycles. The van der Waals surface area contributed by atoms with Crippen LogP contribution in [-0.2, 0) is 13.0 Å². The Kier molecular flexibility index (Phi) is 4.58. The van der Waals surface area contributed by atoms with Crippen molar-refractivity contribution >= 4 is 5.91 Å². The highest BCUT2D eigenvalue weighted by Gasteiger charge is 2.13. The molecule has 0 spiro atoms. The number of carbonyl (C=O) groups is 1. The first-order valence-electron chi connectivity index (χ1n) is 6.69. The van der Waals surface area contributed by atoms with Crippen molar-refractivity contribution in [2.45, 2.75) is 19.9 Å². The van der Waals surface area contributed by atoms with Gasteiger partial charge in [0.15, 0.2) is 0 Å². The largest absolute Gasteiger partial charge is 0.469 e. The van der Waals surface area contributed by atoms with Crippen LogP contribution in [0.5, 0.6) is 0 Å². The van der Waals surface area contributed by atoms with Crippen molar-refractivity contribution in [3.05, 3.63) is 59.0 Å². The summed E-state index contributed by atoms with van der Waals surface area (Å²) in [5, 5.41) is 0. The maximum Gasteiger partial charge on any atom is 0.253 e. The molecule has 0 saturated carbocycles. The molecule has 2 N–H and O–H groups in total. The molecule has 0 unspecified atom stereocenters. The number of nitrogens with two attached hydrogens (primary N) is 1. The second kappa shape index (κ2) is 6.39. The van der Waals surface area contributed by atoms with Gasteiger partial charge in [-0.3, -0.25) is 4.79 Å². The number of carbonyl (C=O) groups excluding carboxylic acids is 1. The summed E-state index contributed by atoms with van der Waals surface area (Å²) in [6.07, 6.45) is 2.48. The van der Waals surface area contributed by atoms with E-state index in [1.807, 2.05) is 37.3 Å². The SMILES string of the molecule is Cc1occc1CN(C)C(=O)c1ccc(CCN)cc1. The molecular formula is C16H20N2O2. The number of aryl methyl sites for hydroxylation is 1. The summed E-state index contributed by atoms with van der Waals surface area (Å²) in [5.74, 6) is 0.854. The maximum absolute atomic E-state index is 12.3. The van der Waals surface area contributed by atoms with Crippen molar-refractivity contribution in [1.82, 2.24) is 4.90 Å². The molecule has 0 fully saturated rings. The molecule has 2 rings (SSSR count). The third kappa shape index (κ3) is 3.27.